The van der Waals surface area contributed by atoms with Gasteiger partial charge in [0, 0.05) is 51.7 Å². The van der Waals surface area contributed by atoms with E-state index < -0.39 is 10.0 Å². The van der Waals surface area contributed by atoms with E-state index in [1.807, 2.05) is 18.5 Å². The normalized spacial score (nSPS) is 14.1. The van der Waals surface area contributed by atoms with E-state index in [0.29, 0.717) is 24.1 Å². The molecule has 21 heavy (non-hydrogen) atoms. The van der Waals surface area contributed by atoms with Gasteiger partial charge < -0.3 is 14.6 Å². The lowest BCUT2D eigenvalue weighted by molar-refractivity contribution is 0.149. The molecule has 0 saturated heterocycles. The van der Waals surface area contributed by atoms with Crippen LogP contribution in [-0.2, 0) is 28.4 Å². The van der Waals surface area contributed by atoms with Crippen molar-refractivity contribution in [3.8, 4) is 0 Å². The summed E-state index contributed by atoms with van der Waals surface area (Å²) in [6.45, 7) is 6.94. The summed E-state index contributed by atoms with van der Waals surface area (Å²) in [7, 11) is 1.51. The summed E-state index contributed by atoms with van der Waals surface area (Å²) < 4.78 is 33.4. The van der Waals surface area contributed by atoms with Crippen molar-refractivity contribution < 1.29 is 13.2 Å². The Bertz CT molecular complexity index is 552. The Morgan fingerprint density at radius 1 is 1.38 bits per heavy atom. The van der Waals surface area contributed by atoms with Gasteiger partial charge in [0.25, 0.3) is 0 Å². The smallest absolute Gasteiger partial charge is 0.244 e. The third-order valence-electron chi connectivity index (χ3n) is 3.48. The second-order valence-electron chi connectivity index (χ2n) is 5.64. The van der Waals surface area contributed by atoms with Gasteiger partial charge in [-0.2, -0.15) is 4.31 Å². The summed E-state index contributed by atoms with van der Waals surface area (Å²) in [4.78, 5) is 0.316. The second-order valence-corrected chi connectivity index (χ2v) is 7.64. The van der Waals surface area contributed by atoms with Crippen LogP contribution in [0.1, 0.15) is 26.5 Å². The first-order valence-electron chi connectivity index (χ1n) is 7.05. The molecule has 1 heterocycles. The van der Waals surface area contributed by atoms with E-state index in [-0.39, 0.29) is 6.04 Å². The minimum Gasteiger partial charge on any atom is -0.383 e. The molecular weight excluding hydrogens is 290 g/mol. The summed E-state index contributed by atoms with van der Waals surface area (Å²) in [6, 6.07) is 1.86. The highest BCUT2D eigenvalue weighted by Gasteiger charge is 2.26. The molecule has 0 aromatic carbocycles. The number of hydrogen-bond donors (Lipinski definition) is 1. The van der Waals surface area contributed by atoms with Gasteiger partial charge in [-0.05, 0) is 13.0 Å². The fraction of sp³-hybridized carbons (Fsp3) is 0.714. The fourth-order valence-electron chi connectivity index (χ4n) is 1.95. The van der Waals surface area contributed by atoms with E-state index in [1.165, 1.54) is 4.31 Å². The number of sulfonamides is 1. The largest absolute Gasteiger partial charge is 0.383 e. The van der Waals surface area contributed by atoms with Crippen LogP contribution in [0.15, 0.2) is 17.2 Å². The minimum atomic E-state index is -3.50. The molecule has 0 amide bonds. The monoisotopic (exact) mass is 317 g/mol. The number of ether oxygens (including phenoxy) is 1. The van der Waals surface area contributed by atoms with E-state index in [4.69, 9.17) is 4.74 Å². The number of methoxy groups -OCH3 is 1. The van der Waals surface area contributed by atoms with Crippen LogP contribution >= 0.6 is 0 Å². The van der Waals surface area contributed by atoms with Gasteiger partial charge in [-0.3, -0.25) is 0 Å². The molecular formula is C14H27N3O3S. The minimum absolute atomic E-state index is 0.211. The van der Waals surface area contributed by atoms with Crippen molar-refractivity contribution in [3.05, 3.63) is 18.0 Å². The molecule has 6 nitrogen and oxygen atoms in total. The molecule has 0 saturated carbocycles. The van der Waals surface area contributed by atoms with Crippen LogP contribution in [-0.4, -0.2) is 50.1 Å². The van der Waals surface area contributed by atoms with Gasteiger partial charge in [0.15, 0.2) is 0 Å². The van der Waals surface area contributed by atoms with E-state index >= 15 is 0 Å². The Morgan fingerprint density at radius 2 is 2.00 bits per heavy atom. The van der Waals surface area contributed by atoms with Crippen molar-refractivity contribution in [1.29, 1.82) is 0 Å². The SMILES string of the molecule is COCC(C)N(C)S(=O)(=O)c1cc(CNC(C)C)n(C)c1. The predicted octanol–water partition coefficient (Wildman–Crippen LogP) is 1.18. The number of hydrogen-bond acceptors (Lipinski definition) is 4. The van der Waals surface area contributed by atoms with Crippen molar-refractivity contribution in [1.82, 2.24) is 14.2 Å². The zero-order valence-corrected chi connectivity index (χ0v) is 14.6. The molecule has 0 spiro atoms. The maximum absolute atomic E-state index is 12.6. The quantitative estimate of drug-likeness (QED) is 0.782. The molecule has 0 aliphatic rings. The Hall–Kier alpha value is -0.890. The number of likely N-dealkylation sites (N-methyl/N-ethyl adjacent to an activating group) is 1. The van der Waals surface area contributed by atoms with E-state index in [9.17, 15) is 8.42 Å². The highest BCUT2D eigenvalue weighted by Crippen LogP contribution is 2.19. The molecule has 1 N–H and O–H groups in total. The molecule has 1 unspecified atom stereocenters. The van der Waals surface area contributed by atoms with E-state index in [2.05, 4.69) is 19.2 Å². The zero-order chi connectivity index (χ0) is 16.2. The molecule has 0 aliphatic heterocycles. The molecule has 7 heteroatoms. The summed E-state index contributed by atoms with van der Waals surface area (Å²) in [5.74, 6) is 0. The summed E-state index contributed by atoms with van der Waals surface area (Å²) in [6.07, 6.45) is 1.66. The lowest BCUT2D eigenvalue weighted by Gasteiger charge is -2.22. The zero-order valence-electron chi connectivity index (χ0n) is 13.8. The summed E-state index contributed by atoms with van der Waals surface area (Å²) >= 11 is 0. The van der Waals surface area contributed by atoms with Crippen LogP contribution in [0.2, 0.25) is 0 Å². The van der Waals surface area contributed by atoms with Gasteiger partial charge >= 0.3 is 0 Å². The first kappa shape index (κ1) is 18.2. The third-order valence-corrected chi connectivity index (χ3v) is 5.42. The van der Waals surface area contributed by atoms with Gasteiger partial charge in [-0.15, -0.1) is 0 Å². The first-order chi connectivity index (χ1) is 9.70. The van der Waals surface area contributed by atoms with E-state index in [1.54, 1.807) is 26.4 Å². The molecule has 122 valence electrons. The average molecular weight is 317 g/mol. The van der Waals surface area contributed by atoms with Crippen LogP contribution < -0.4 is 5.32 Å². The van der Waals surface area contributed by atoms with Crippen molar-refractivity contribution in [2.75, 3.05) is 20.8 Å². The Kier molecular flexibility index (Phi) is 6.40. The lowest BCUT2D eigenvalue weighted by Crippen LogP contribution is -2.37. The average Bonchev–Trinajstić information content (AvgIpc) is 2.77. The second kappa shape index (κ2) is 7.40. The third kappa shape index (κ3) is 4.54. The van der Waals surface area contributed by atoms with Gasteiger partial charge in [-0.25, -0.2) is 8.42 Å². The predicted molar refractivity (Wildman–Crippen MR) is 83.7 cm³/mol. The van der Waals surface area contributed by atoms with Crippen molar-refractivity contribution >= 4 is 10.0 Å². The van der Waals surface area contributed by atoms with Crippen molar-refractivity contribution in [3.63, 3.8) is 0 Å². The molecule has 1 atom stereocenters. The highest BCUT2D eigenvalue weighted by atomic mass is 32.2. The van der Waals surface area contributed by atoms with Crippen LogP contribution in [0.25, 0.3) is 0 Å². The number of aryl methyl sites for hydroxylation is 1. The number of aromatic nitrogens is 1. The van der Waals surface area contributed by atoms with Crippen LogP contribution in [0.4, 0.5) is 0 Å². The highest BCUT2D eigenvalue weighted by molar-refractivity contribution is 7.89. The fourth-order valence-corrected chi connectivity index (χ4v) is 3.40. The van der Waals surface area contributed by atoms with Crippen LogP contribution in [0, 0.1) is 0 Å². The molecule has 1 aromatic rings. The lowest BCUT2D eigenvalue weighted by atomic mass is 10.3. The molecule has 1 aromatic heterocycles. The molecule has 0 bridgehead atoms. The molecule has 1 rings (SSSR count). The van der Waals surface area contributed by atoms with Gasteiger partial charge in [0.05, 0.1) is 6.61 Å². The Balaban J connectivity index is 2.96. The topological polar surface area (TPSA) is 63.6 Å². The standard InChI is InChI=1S/C14H27N3O3S/c1-11(2)15-8-13-7-14(9-16(13)4)21(18,19)17(5)12(3)10-20-6/h7,9,11-12,15H,8,10H2,1-6H3. The summed E-state index contributed by atoms with van der Waals surface area (Å²) in [5.41, 5.74) is 0.940. The first-order valence-corrected chi connectivity index (χ1v) is 8.49. The molecule has 0 aliphatic carbocycles. The van der Waals surface area contributed by atoms with Gasteiger partial charge in [-0.1, -0.05) is 13.8 Å². The Morgan fingerprint density at radius 3 is 2.52 bits per heavy atom. The van der Waals surface area contributed by atoms with Gasteiger partial charge in [0.1, 0.15) is 4.90 Å². The van der Waals surface area contributed by atoms with E-state index in [0.717, 1.165) is 5.69 Å². The van der Waals surface area contributed by atoms with Crippen molar-refractivity contribution in [2.45, 2.75) is 44.3 Å². The van der Waals surface area contributed by atoms with Crippen LogP contribution in [0.5, 0.6) is 0 Å². The van der Waals surface area contributed by atoms with Gasteiger partial charge in [0.2, 0.25) is 10.0 Å². The molecule has 0 radical (unpaired) electrons. The maximum atomic E-state index is 12.6. The number of nitrogens with one attached hydrogen (secondary N) is 1. The maximum Gasteiger partial charge on any atom is 0.244 e. The Labute approximate surface area is 128 Å². The molecule has 0 fully saturated rings. The van der Waals surface area contributed by atoms with Crippen molar-refractivity contribution in [2.24, 2.45) is 7.05 Å². The van der Waals surface area contributed by atoms with Crippen LogP contribution in [0.3, 0.4) is 0 Å². The summed E-state index contributed by atoms with van der Waals surface area (Å²) in [5, 5.41) is 3.29. The number of rotatable bonds is 8. The number of nitrogens with zero attached hydrogens (tertiary/aromatic N) is 2.